The Hall–Kier alpha value is -1.20. The summed E-state index contributed by atoms with van der Waals surface area (Å²) in [5, 5.41) is 3.98. The summed E-state index contributed by atoms with van der Waals surface area (Å²) in [5.74, 6) is 2.35. The Balaban J connectivity index is 1.40. The summed E-state index contributed by atoms with van der Waals surface area (Å²) in [4.78, 5) is 9.77. The van der Waals surface area contributed by atoms with Crippen molar-refractivity contribution in [1.29, 1.82) is 0 Å². The molecule has 2 aromatic heterocycles. The second-order valence-electron chi connectivity index (χ2n) is 6.00. The molecule has 0 spiro atoms. The molecule has 21 heavy (non-hydrogen) atoms. The predicted octanol–water partition coefficient (Wildman–Crippen LogP) is 3.59. The van der Waals surface area contributed by atoms with Gasteiger partial charge in [0, 0.05) is 29.6 Å². The molecule has 0 aromatic carbocycles. The first-order chi connectivity index (χ1) is 10.2. The predicted molar refractivity (Wildman–Crippen MR) is 84.4 cm³/mol. The lowest BCUT2D eigenvalue weighted by Crippen LogP contribution is -2.33. The van der Waals surface area contributed by atoms with Crippen LogP contribution in [0.5, 0.6) is 0 Å². The molecule has 0 saturated carbocycles. The van der Waals surface area contributed by atoms with Gasteiger partial charge in [0.2, 0.25) is 5.89 Å². The minimum Gasteiger partial charge on any atom is -0.340 e. The van der Waals surface area contributed by atoms with Gasteiger partial charge in [-0.3, -0.25) is 4.90 Å². The van der Waals surface area contributed by atoms with Crippen LogP contribution in [0.4, 0.5) is 0 Å². The molecule has 0 bridgehead atoms. The van der Waals surface area contributed by atoms with E-state index in [1.165, 1.54) is 42.1 Å². The number of thiophene rings is 1. The highest BCUT2D eigenvalue weighted by Gasteiger charge is 2.20. The van der Waals surface area contributed by atoms with Crippen molar-refractivity contribution in [2.45, 2.75) is 46.1 Å². The van der Waals surface area contributed by atoms with Crippen LogP contribution in [0.25, 0.3) is 0 Å². The van der Waals surface area contributed by atoms with Gasteiger partial charge in [-0.1, -0.05) is 5.16 Å². The van der Waals surface area contributed by atoms with Crippen LogP contribution in [0.2, 0.25) is 0 Å². The Bertz CT molecular complexity index is 570. The number of hydrogen-bond acceptors (Lipinski definition) is 5. The third-order valence-corrected chi connectivity index (χ3v) is 5.21. The lowest BCUT2D eigenvalue weighted by Gasteiger charge is -2.31. The maximum Gasteiger partial charge on any atom is 0.223 e. The molecule has 1 aliphatic rings. The molecule has 114 valence electrons. The highest BCUT2D eigenvalue weighted by molar-refractivity contribution is 7.11. The SMILES string of the molecule is Cc1nc(CCC2CCN(Cc3ccc(C)s3)CC2)no1. The maximum atomic E-state index is 5.02. The van der Waals surface area contributed by atoms with E-state index in [0.29, 0.717) is 5.89 Å². The van der Waals surface area contributed by atoms with Crippen molar-refractivity contribution in [2.24, 2.45) is 5.92 Å². The van der Waals surface area contributed by atoms with Gasteiger partial charge in [0.1, 0.15) is 0 Å². The fraction of sp³-hybridized carbons (Fsp3) is 0.625. The Morgan fingerprint density at radius 2 is 2.10 bits per heavy atom. The maximum absolute atomic E-state index is 5.02. The molecular formula is C16H23N3OS. The molecule has 4 nitrogen and oxygen atoms in total. The molecular weight excluding hydrogens is 282 g/mol. The van der Waals surface area contributed by atoms with E-state index in [-0.39, 0.29) is 0 Å². The van der Waals surface area contributed by atoms with Crippen LogP contribution < -0.4 is 0 Å². The summed E-state index contributed by atoms with van der Waals surface area (Å²) in [6.45, 7) is 7.58. The number of likely N-dealkylation sites (tertiary alicyclic amines) is 1. The number of rotatable bonds is 5. The van der Waals surface area contributed by atoms with E-state index in [4.69, 9.17) is 4.52 Å². The second kappa shape index (κ2) is 6.71. The standard InChI is InChI=1S/C16H23N3OS/c1-12-3-5-15(21-12)11-19-9-7-14(8-10-19)4-6-16-17-13(2)20-18-16/h3,5,14H,4,6-11H2,1-2H3. The summed E-state index contributed by atoms with van der Waals surface area (Å²) in [6, 6.07) is 4.49. The van der Waals surface area contributed by atoms with Gasteiger partial charge >= 0.3 is 0 Å². The molecule has 0 aliphatic carbocycles. The third-order valence-electron chi connectivity index (χ3n) is 4.23. The zero-order chi connectivity index (χ0) is 14.7. The van der Waals surface area contributed by atoms with Crippen LogP contribution in [-0.4, -0.2) is 28.1 Å². The van der Waals surface area contributed by atoms with E-state index in [1.54, 1.807) is 0 Å². The normalized spacial score (nSPS) is 17.4. The highest BCUT2D eigenvalue weighted by atomic mass is 32.1. The molecule has 1 saturated heterocycles. The molecule has 1 fully saturated rings. The van der Waals surface area contributed by atoms with Gasteiger partial charge in [0.25, 0.3) is 0 Å². The van der Waals surface area contributed by atoms with Gasteiger partial charge < -0.3 is 4.52 Å². The summed E-state index contributed by atoms with van der Waals surface area (Å²) < 4.78 is 5.02. The van der Waals surface area contributed by atoms with Crippen molar-refractivity contribution in [1.82, 2.24) is 15.0 Å². The van der Waals surface area contributed by atoms with Crippen LogP contribution in [-0.2, 0) is 13.0 Å². The second-order valence-corrected chi connectivity index (χ2v) is 7.37. The lowest BCUT2D eigenvalue weighted by molar-refractivity contribution is 0.173. The molecule has 1 aliphatic heterocycles. The minimum absolute atomic E-state index is 0.672. The fourth-order valence-corrected chi connectivity index (χ4v) is 3.93. The molecule has 2 aromatic rings. The highest BCUT2D eigenvalue weighted by Crippen LogP contribution is 2.24. The van der Waals surface area contributed by atoms with Crippen molar-refractivity contribution < 1.29 is 4.52 Å². The van der Waals surface area contributed by atoms with E-state index in [2.05, 4.69) is 34.1 Å². The van der Waals surface area contributed by atoms with E-state index in [9.17, 15) is 0 Å². The van der Waals surface area contributed by atoms with Crippen molar-refractivity contribution in [2.75, 3.05) is 13.1 Å². The number of aromatic nitrogens is 2. The topological polar surface area (TPSA) is 42.2 Å². The van der Waals surface area contributed by atoms with Gasteiger partial charge in [-0.25, -0.2) is 0 Å². The summed E-state index contributed by atoms with van der Waals surface area (Å²) >= 11 is 1.92. The van der Waals surface area contributed by atoms with Crippen molar-refractivity contribution in [3.63, 3.8) is 0 Å². The molecule has 0 N–H and O–H groups in total. The first kappa shape index (κ1) is 14.7. The van der Waals surface area contributed by atoms with Crippen LogP contribution in [0.15, 0.2) is 16.7 Å². The molecule has 0 amide bonds. The molecule has 3 rings (SSSR count). The van der Waals surface area contributed by atoms with Crippen LogP contribution in [0.1, 0.15) is 40.7 Å². The smallest absolute Gasteiger partial charge is 0.223 e. The Morgan fingerprint density at radius 1 is 1.29 bits per heavy atom. The molecule has 5 heteroatoms. The van der Waals surface area contributed by atoms with Gasteiger partial charge in [0.15, 0.2) is 5.82 Å². The van der Waals surface area contributed by atoms with Crippen molar-refractivity contribution in [3.05, 3.63) is 33.6 Å². The Kier molecular flexibility index (Phi) is 4.70. The molecule has 0 radical (unpaired) electrons. The Labute approximate surface area is 130 Å². The number of aryl methyl sites for hydroxylation is 3. The van der Waals surface area contributed by atoms with E-state index in [0.717, 1.165) is 24.7 Å². The first-order valence-corrected chi connectivity index (χ1v) is 8.57. The summed E-state index contributed by atoms with van der Waals surface area (Å²) in [5.41, 5.74) is 0. The van der Waals surface area contributed by atoms with E-state index >= 15 is 0 Å². The first-order valence-electron chi connectivity index (χ1n) is 7.76. The van der Waals surface area contributed by atoms with Gasteiger partial charge in [-0.15, -0.1) is 11.3 Å². The van der Waals surface area contributed by atoms with Crippen LogP contribution in [0, 0.1) is 19.8 Å². The number of nitrogens with zero attached hydrogens (tertiary/aromatic N) is 3. The third kappa shape index (κ3) is 4.14. The van der Waals surface area contributed by atoms with Gasteiger partial charge in [-0.05, 0) is 57.3 Å². The van der Waals surface area contributed by atoms with Gasteiger partial charge in [-0.2, -0.15) is 4.98 Å². The zero-order valence-electron chi connectivity index (χ0n) is 12.8. The molecule has 0 atom stereocenters. The lowest BCUT2D eigenvalue weighted by atomic mass is 9.92. The van der Waals surface area contributed by atoms with Crippen molar-refractivity contribution >= 4 is 11.3 Å². The summed E-state index contributed by atoms with van der Waals surface area (Å²) in [7, 11) is 0. The van der Waals surface area contributed by atoms with E-state index < -0.39 is 0 Å². The van der Waals surface area contributed by atoms with Crippen LogP contribution in [0.3, 0.4) is 0 Å². The van der Waals surface area contributed by atoms with Crippen LogP contribution >= 0.6 is 11.3 Å². The number of hydrogen-bond donors (Lipinski definition) is 0. The monoisotopic (exact) mass is 305 g/mol. The van der Waals surface area contributed by atoms with E-state index in [1.807, 2.05) is 18.3 Å². The minimum atomic E-state index is 0.672. The average Bonchev–Trinajstić information content (AvgIpc) is 3.07. The number of piperidine rings is 1. The zero-order valence-corrected chi connectivity index (χ0v) is 13.7. The largest absolute Gasteiger partial charge is 0.340 e. The Morgan fingerprint density at radius 3 is 2.71 bits per heavy atom. The average molecular weight is 305 g/mol. The molecule has 3 heterocycles. The summed E-state index contributed by atoms with van der Waals surface area (Å²) in [6.07, 6.45) is 4.72. The molecule has 0 unspecified atom stereocenters. The quantitative estimate of drug-likeness (QED) is 0.846. The van der Waals surface area contributed by atoms with Crippen molar-refractivity contribution in [3.8, 4) is 0 Å². The van der Waals surface area contributed by atoms with Gasteiger partial charge in [0.05, 0.1) is 0 Å². The fourth-order valence-electron chi connectivity index (χ4n) is 3.00.